The van der Waals surface area contributed by atoms with Gasteiger partial charge in [0.2, 0.25) is 5.91 Å². The van der Waals surface area contributed by atoms with E-state index in [0.29, 0.717) is 34.6 Å². The fraction of sp³-hybridized carbons (Fsp3) is 0.316. The van der Waals surface area contributed by atoms with Gasteiger partial charge in [0, 0.05) is 11.6 Å². The second kappa shape index (κ2) is 9.23. The van der Waals surface area contributed by atoms with Crippen LogP contribution in [0, 0.1) is 5.92 Å². The quantitative estimate of drug-likeness (QED) is 0.608. The maximum absolute atomic E-state index is 12.7. The Labute approximate surface area is 168 Å². The highest BCUT2D eigenvalue weighted by Gasteiger charge is 2.17. The zero-order chi connectivity index (χ0) is 20.0. The van der Waals surface area contributed by atoms with Crippen LogP contribution in [0.5, 0.6) is 5.75 Å². The summed E-state index contributed by atoms with van der Waals surface area (Å²) in [6, 6.07) is 11.1. The van der Waals surface area contributed by atoms with E-state index in [9.17, 15) is 13.2 Å². The van der Waals surface area contributed by atoms with Crippen LogP contribution in [0.15, 0.2) is 51.8 Å². The molecule has 0 heterocycles. The molecule has 0 saturated carbocycles. The van der Waals surface area contributed by atoms with Crippen molar-refractivity contribution in [2.24, 2.45) is 5.92 Å². The zero-order valence-corrected chi connectivity index (χ0v) is 17.9. The molecule has 2 rings (SSSR count). The van der Waals surface area contributed by atoms with Gasteiger partial charge in [-0.05, 0) is 65.7 Å². The number of halogens is 1. The second-order valence-corrected chi connectivity index (χ2v) is 8.55. The first-order valence-electron chi connectivity index (χ1n) is 8.63. The highest BCUT2D eigenvalue weighted by Crippen LogP contribution is 2.29. The molecule has 0 aliphatic carbocycles. The molecular formula is C19H23BrN2O4S. The Balaban J connectivity index is 2.20. The topological polar surface area (TPSA) is 84.5 Å². The summed E-state index contributed by atoms with van der Waals surface area (Å²) >= 11 is 3.36. The number of benzene rings is 2. The maximum Gasteiger partial charge on any atom is 0.261 e. The zero-order valence-electron chi connectivity index (χ0n) is 15.5. The number of carbonyl (C=O) groups excluding carboxylic acids is 1. The highest BCUT2D eigenvalue weighted by molar-refractivity contribution is 9.10. The minimum atomic E-state index is -3.80. The molecule has 27 heavy (non-hydrogen) atoms. The fourth-order valence-corrected chi connectivity index (χ4v) is 3.83. The lowest BCUT2D eigenvalue weighted by atomic mass is 10.1. The summed E-state index contributed by atoms with van der Waals surface area (Å²) in [5.41, 5.74) is 0.843. The summed E-state index contributed by atoms with van der Waals surface area (Å²) in [5, 5.41) is 2.74. The van der Waals surface area contributed by atoms with Crippen molar-refractivity contribution in [3.05, 3.63) is 46.9 Å². The molecule has 2 aromatic carbocycles. The Morgan fingerprint density at radius 1 is 1.15 bits per heavy atom. The minimum Gasteiger partial charge on any atom is -0.493 e. The Bertz CT molecular complexity index is 916. The van der Waals surface area contributed by atoms with E-state index < -0.39 is 10.0 Å². The lowest BCUT2D eigenvalue weighted by Crippen LogP contribution is -2.20. The largest absolute Gasteiger partial charge is 0.493 e. The van der Waals surface area contributed by atoms with Crippen molar-refractivity contribution in [1.82, 2.24) is 0 Å². The molecule has 0 aliphatic heterocycles. The molecule has 6 nitrogen and oxygen atoms in total. The smallest absolute Gasteiger partial charge is 0.261 e. The van der Waals surface area contributed by atoms with Gasteiger partial charge in [-0.1, -0.05) is 19.9 Å². The number of anilines is 2. The molecule has 2 aromatic rings. The van der Waals surface area contributed by atoms with Crippen LogP contribution in [-0.4, -0.2) is 20.9 Å². The first kappa shape index (κ1) is 21.2. The van der Waals surface area contributed by atoms with Crippen molar-refractivity contribution < 1.29 is 17.9 Å². The average Bonchev–Trinajstić information content (AvgIpc) is 2.63. The molecule has 1 amide bonds. The first-order chi connectivity index (χ1) is 12.8. The van der Waals surface area contributed by atoms with Gasteiger partial charge < -0.3 is 10.1 Å². The third-order valence-corrected chi connectivity index (χ3v) is 5.95. The Hall–Kier alpha value is -2.06. The van der Waals surface area contributed by atoms with E-state index >= 15 is 0 Å². The molecule has 2 N–H and O–H groups in total. The standard InChI is InChI=1S/C19H23BrN2O4S/c1-4-13(3)19(23)21-14-7-6-8-16(11-14)27(24,25)22-15-9-10-18(26-5-2)17(20)12-15/h6-13,22H,4-5H2,1-3H3,(H,21,23). The number of sulfonamides is 1. The van der Waals surface area contributed by atoms with Crippen LogP contribution in [0.3, 0.4) is 0 Å². The van der Waals surface area contributed by atoms with Gasteiger partial charge in [0.05, 0.1) is 21.7 Å². The molecule has 1 atom stereocenters. The predicted octanol–water partition coefficient (Wildman–Crippen LogP) is 4.63. The van der Waals surface area contributed by atoms with E-state index in [-0.39, 0.29) is 16.7 Å². The second-order valence-electron chi connectivity index (χ2n) is 6.01. The van der Waals surface area contributed by atoms with E-state index in [2.05, 4.69) is 26.0 Å². The summed E-state index contributed by atoms with van der Waals surface area (Å²) in [6.07, 6.45) is 0.706. The van der Waals surface area contributed by atoms with Gasteiger partial charge in [-0.25, -0.2) is 8.42 Å². The molecule has 8 heteroatoms. The maximum atomic E-state index is 12.7. The monoisotopic (exact) mass is 454 g/mol. The highest BCUT2D eigenvalue weighted by atomic mass is 79.9. The minimum absolute atomic E-state index is 0.0643. The van der Waals surface area contributed by atoms with Crippen molar-refractivity contribution in [2.45, 2.75) is 32.1 Å². The lowest BCUT2D eigenvalue weighted by Gasteiger charge is -2.13. The van der Waals surface area contributed by atoms with Gasteiger partial charge in [-0.15, -0.1) is 0 Å². The number of hydrogen-bond acceptors (Lipinski definition) is 4. The summed E-state index contributed by atoms with van der Waals surface area (Å²) in [4.78, 5) is 12.1. The molecule has 0 aromatic heterocycles. The Kier molecular flexibility index (Phi) is 7.26. The summed E-state index contributed by atoms with van der Waals surface area (Å²) < 4.78 is 34.0. The van der Waals surface area contributed by atoms with Crippen molar-refractivity contribution in [3.63, 3.8) is 0 Å². The van der Waals surface area contributed by atoms with Crippen LogP contribution in [0.4, 0.5) is 11.4 Å². The molecule has 0 spiro atoms. The average molecular weight is 455 g/mol. The normalized spacial score (nSPS) is 12.3. The SMILES string of the molecule is CCOc1ccc(NS(=O)(=O)c2cccc(NC(=O)C(C)CC)c2)cc1Br. The molecule has 0 fully saturated rings. The van der Waals surface area contributed by atoms with Gasteiger partial charge in [0.25, 0.3) is 10.0 Å². The molecule has 0 aliphatic rings. The van der Waals surface area contributed by atoms with Crippen LogP contribution < -0.4 is 14.8 Å². The predicted molar refractivity (Wildman–Crippen MR) is 111 cm³/mol. The van der Waals surface area contributed by atoms with Crippen LogP contribution >= 0.6 is 15.9 Å². The number of hydrogen-bond donors (Lipinski definition) is 2. The van der Waals surface area contributed by atoms with Gasteiger partial charge in [0.15, 0.2) is 0 Å². The van der Waals surface area contributed by atoms with Crippen LogP contribution in [0.1, 0.15) is 27.2 Å². The molecule has 1 unspecified atom stereocenters. The van der Waals surface area contributed by atoms with Gasteiger partial charge in [0.1, 0.15) is 5.75 Å². The summed E-state index contributed by atoms with van der Waals surface area (Å²) in [5.74, 6) is 0.343. The van der Waals surface area contributed by atoms with E-state index in [0.717, 1.165) is 0 Å². The van der Waals surface area contributed by atoms with Crippen molar-refractivity contribution >= 4 is 43.2 Å². The number of rotatable bonds is 8. The van der Waals surface area contributed by atoms with Crippen LogP contribution in [0.2, 0.25) is 0 Å². The van der Waals surface area contributed by atoms with Crippen LogP contribution in [0.25, 0.3) is 0 Å². The van der Waals surface area contributed by atoms with Gasteiger partial charge >= 0.3 is 0 Å². The Morgan fingerprint density at radius 2 is 1.89 bits per heavy atom. The van der Waals surface area contributed by atoms with Gasteiger partial charge in [-0.2, -0.15) is 0 Å². The molecule has 0 radical (unpaired) electrons. The number of ether oxygens (including phenoxy) is 1. The fourth-order valence-electron chi connectivity index (χ4n) is 2.24. The molecule has 0 bridgehead atoms. The summed E-state index contributed by atoms with van der Waals surface area (Å²) in [6.45, 7) is 6.13. The third kappa shape index (κ3) is 5.71. The van der Waals surface area contributed by atoms with Crippen molar-refractivity contribution in [1.29, 1.82) is 0 Å². The number of nitrogens with one attached hydrogen (secondary N) is 2. The molecule has 146 valence electrons. The molecular weight excluding hydrogens is 432 g/mol. The van der Waals surface area contributed by atoms with E-state index in [4.69, 9.17) is 4.74 Å². The number of amides is 1. The van der Waals surface area contributed by atoms with E-state index in [1.54, 1.807) is 30.3 Å². The van der Waals surface area contributed by atoms with Crippen LogP contribution in [-0.2, 0) is 14.8 Å². The third-order valence-electron chi connectivity index (χ3n) is 3.96. The summed E-state index contributed by atoms with van der Waals surface area (Å²) in [7, 11) is -3.80. The Morgan fingerprint density at radius 3 is 2.52 bits per heavy atom. The van der Waals surface area contributed by atoms with E-state index in [1.807, 2.05) is 20.8 Å². The van der Waals surface area contributed by atoms with Crippen molar-refractivity contribution in [3.8, 4) is 5.75 Å². The first-order valence-corrected chi connectivity index (χ1v) is 10.9. The van der Waals surface area contributed by atoms with Crippen molar-refractivity contribution in [2.75, 3.05) is 16.6 Å². The molecule has 0 saturated heterocycles. The lowest BCUT2D eigenvalue weighted by molar-refractivity contribution is -0.119. The van der Waals surface area contributed by atoms with E-state index in [1.165, 1.54) is 12.1 Å². The van der Waals surface area contributed by atoms with Gasteiger partial charge in [-0.3, -0.25) is 9.52 Å². The number of carbonyl (C=O) groups is 1.